The summed E-state index contributed by atoms with van der Waals surface area (Å²) < 4.78 is 11.5. The summed E-state index contributed by atoms with van der Waals surface area (Å²) in [6.45, 7) is 6.87. The van der Waals surface area contributed by atoms with Gasteiger partial charge in [-0.3, -0.25) is 10.2 Å². The Balaban J connectivity index is 1.39. The van der Waals surface area contributed by atoms with Crippen LogP contribution < -0.4 is 9.47 Å². The van der Waals surface area contributed by atoms with Crippen molar-refractivity contribution in [1.82, 2.24) is 5.01 Å². The number of thioether (sulfide) groups is 1. The summed E-state index contributed by atoms with van der Waals surface area (Å²) in [5.74, 6) is 0.862. The second kappa shape index (κ2) is 10.4. The van der Waals surface area contributed by atoms with E-state index in [1.165, 1.54) is 27.9 Å². The first-order valence-corrected chi connectivity index (χ1v) is 12.2. The number of fused-ring (bicyclic) bond motifs is 1. The van der Waals surface area contributed by atoms with Crippen LogP contribution in [-0.2, 0) is 4.79 Å². The Morgan fingerprint density at radius 1 is 1.12 bits per heavy atom. The van der Waals surface area contributed by atoms with Crippen LogP contribution in [0.4, 0.5) is 0 Å². The number of amides is 1. The minimum atomic E-state index is -0.461. The topological polar surface area (TPSA) is 87.3 Å². The average molecular weight is 497 g/mol. The van der Waals surface area contributed by atoms with E-state index in [0.29, 0.717) is 34.7 Å². The number of hydrogen-bond acceptors (Lipinski definition) is 6. The third-order valence-corrected chi connectivity index (χ3v) is 6.58. The molecule has 34 heavy (non-hydrogen) atoms. The quantitative estimate of drug-likeness (QED) is 0.366. The molecule has 0 saturated heterocycles. The van der Waals surface area contributed by atoms with Crippen LogP contribution in [0.15, 0.2) is 52.1 Å². The Labute approximate surface area is 208 Å². The van der Waals surface area contributed by atoms with E-state index in [1.807, 2.05) is 25.1 Å². The van der Waals surface area contributed by atoms with Crippen LogP contribution in [0, 0.1) is 19.3 Å². The van der Waals surface area contributed by atoms with E-state index in [2.05, 4.69) is 23.9 Å². The standard InChI is InChI=1S/C25H25ClN4O3S/c1-4-5-22-29-30-23(27)19(24(31)28-25(30)34-22)13-17-7-9-21(20(26)14-17)33-11-10-32-18-8-6-15(2)16(3)12-18/h6-9,12-14,27H,4-5,10-11H2,1-3H3/b19-13-,27-23?. The Morgan fingerprint density at radius 2 is 1.91 bits per heavy atom. The molecule has 1 amide bonds. The molecule has 0 aliphatic carbocycles. The monoisotopic (exact) mass is 496 g/mol. The van der Waals surface area contributed by atoms with Gasteiger partial charge in [0.15, 0.2) is 5.84 Å². The molecule has 2 aromatic carbocycles. The molecule has 2 aromatic rings. The number of amidine groups is 2. The van der Waals surface area contributed by atoms with E-state index in [4.69, 9.17) is 26.5 Å². The first-order chi connectivity index (χ1) is 16.4. The first kappa shape index (κ1) is 24.0. The van der Waals surface area contributed by atoms with Gasteiger partial charge < -0.3 is 9.47 Å². The number of carbonyl (C=O) groups excluding carboxylic acids is 1. The van der Waals surface area contributed by atoms with Crippen LogP contribution in [0.3, 0.4) is 0 Å². The lowest BCUT2D eigenvalue weighted by atomic mass is 10.1. The maximum absolute atomic E-state index is 12.5. The Morgan fingerprint density at radius 3 is 2.65 bits per heavy atom. The Kier molecular flexibility index (Phi) is 7.38. The minimum absolute atomic E-state index is 0.00791. The number of rotatable bonds is 8. The predicted octanol–water partition coefficient (Wildman–Crippen LogP) is 5.83. The summed E-state index contributed by atoms with van der Waals surface area (Å²) in [4.78, 5) is 16.6. The first-order valence-electron chi connectivity index (χ1n) is 11.0. The van der Waals surface area contributed by atoms with Gasteiger partial charge in [-0.05, 0) is 85.5 Å². The fourth-order valence-electron chi connectivity index (χ4n) is 3.35. The van der Waals surface area contributed by atoms with Gasteiger partial charge in [-0.15, -0.1) is 0 Å². The molecule has 2 heterocycles. The SMILES string of the molecule is CCCC1=NN2C(=N)/C(=C/c3ccc(OCCOc4ccc(C)c(C)c4)c(Cl)c3)C(=O)N=C2S1. The smallest absolute Gasteiger partial charge is 0.283 e. The van der Waals surface area contributed by atoms with Gasteiger partial charge in [-0.25, -0.2) is 0 Å². The van der Waals surface area contributed by atoms with Crippen molar-refractivity contribution in [1.29, 1.82) is 5.41 Å². The number of benzene rings is 2. The maximum Gasteiger partial charge on any atom is 0.283 e. The number of ether oxygens (including phenoxy) is 2. The second-order valence-corrected chi connectivity index (χ2v) is 9.34. The summed E-state index contributed by atoms with van der Waals surface area (Å²) in [5.41, 5.74) is 3.22. The number of carbonyl (C=O) groups is 1. The van der Waals surface area contributed by atoms with Crippen molar-refractivity contribution in [2.45, 2.75) is 33.6 Å². The molecule has 2 aliphatic rings. The molecule has 0 aromatic heterocycles. The molecular weight excluding hydrogens is 472 g/mol. The van der Waals surface area contributed by atoms with Crippen molar-refractivity contribution < 1.29 is 14.3 Å². The lowest BCUT2D eigenvalue weighted by molar-refractivity contribution is -0.114. The lowest BCUT2D eigenvalue weighted by Gasteiger charge is -2.20. The van der Waals surface area contributed by atoms with Crippen LogP contribution in [-0.4, -0.2) is 40.2 Å². The van der Waals surface area contributed by atoms with Gasteiger partial charge in [-0.1, -0.05) is 30.7 Å². The molecule has 2 aliphatic heterocycles. The zero-order valence-corrected chi connectivity index (χ0v) is 20.8. The Hall–Kier alpha value is -3.10. The number of aryl methyl sites for hydroxylation is 2. The fourth-order valence-corrected chi connectivity index (χ4v) is 4.58. The van der Waals surface area contributed by atoms with Crippen LogP contribution in [0.5, 0.6) is 11.5 Å². The molecule has 0 unspecified atom stereocenters. The number of nitrogens with zero attached hydrogens (tertiary/aromatic N) is 3. The lowest BCUT2D eigenvalue weighted by Crippen LogP contribution is -2.35. The van der Waals surface area contributed by atoms with Gasteiger partial charge in [0.05, 0.1) is 10.6 Å². The highest BCUT2D eigenvalue weighted by Gasteiger charge is 2.35. The molecule has 0 fully saturated rings. The minimum Gasteiger partial charge on any atom is -0.490 e. The Bertz CT molecular complexity index is 1240. The molecule has 9 heteroatoms. The largest absolute Gasteiger partial charge is 0.490 e. The molecule has 0 saturated carbocycles. The normalized spacial score (nSPS) is 16.5. The molecular formula is C25H25ClN4O3S. The number of hydrazone groups is 1. The highest BCUT2D eigenvalue weighted by Crippen LogP contribution is 2.31. The van der Waals surface area contributed by atoms with Gasteiger partial charge in [0.1, 0.15) is 29.8 Å². The summed E-state index contributed by atoms with van der Waals surface area (Å²) in [7, 11) is 0. The highest BCUT2D eigenvalue weighted by atomic mass is 35.5. The maximum atomic E-state index is 12.5. The van der Waals surface area contributed by atoms with Gasteiger partial charge >= 0.3 is 0 Å². The predicted molar refractivity (Wildman–Crippen MR) is 138 cm³/mol. The van der Waals surface area contributed by atoms with Crippen molar-refractivity contribution in [3.05, 3.63) is 63.7 Å². The van der Waals surface area contributed by atoms with Gasteiger partial charge in [0.2, 0.25) is 5.17 Å². The third-order valence-electron chi connectivity index (χ3n) is 5.32. The number of halogens is 1. The van der Waals surface area contributed by atoms with Crippen LogP contribution >= 0.6 is 23.4 Å². The fraction of sp³-hybridized carbons (Fsp3) is 0.280. The van der Waals surface area contributed by atoms with Crippen molar-refractivity contribution in [3.8, 4) is 11.5 Å². The van der Waals surface area contributed by atoms with Crippen LogP contribution in [0.1, 0.15) is 36.5 Å². The molecule has 0 radical (unpaired) electrons. The zero-order chi connectivity index (χ0) is 24.2. The van der Waals surface area contributed by atoms with Crippen molar-refractivity contribution in [2.24, 2.45) is 10.1 Å². The zero-order valence-electron chi connectivity index (χ0n) is 19.2. The molecule has 176 valence electrons. The van der Waals surface area contributed by atoms with E-state index in [1.54, 1.807) is 24.3 Å². The molecule has 7 nitrogen and oxygen atoms in total. The second-order valence-electron chi connectivity index (χ2n) is 7.90. The number of nitrogens with one attached hydrogen (secondary N) is 1. The number of hydrogen-bond donors (Lipinski definition) is 1. The molecule has 1 N–H and O–H groups in total. The van der Waals surface area contributed by atoms with Crippen molar-refractivity contribution >= 4 is 51.4 Å². The number of aliphatic imine (C=N–C) groups is 1. The summed E-state index contributed by atoms with van der Waals surface area (Å²) >= 11 is 7.74. The molecule has 4 rings (SSSR count). The van der Waals surface area contributed by atoms with Crippen LogP contribution in [0.25, 0.3) is 6.08 Å². The highest BCUT2D eigenvalue weighted by molar-refractivity contribution is 8.26. The molecule has 0 atom stereocenters. The van der Waals surface area contributed by atoms with Crippen LogP contribution in [0.2, 0.25) is 5.02 Å². The third kappa shape index (κ3) is 5.34. The van der Waals surface area contributed by atoms with E-state index in [0.717, 1.165) is 23.6 Å². The van der Waals surface area contributed by atoms with Gasteiger partial charge in [-0.2, -0.15) is 15.1 Å². The summed E-state index contributed by atoms with van der Waals surface area (Å²) in [6, 6.07) is 11.2. The van der Waals surface area contributed by atoms with E-state index in [-0.39, 0.29) is 11.4 Å². The molecule has 0 bridgehead atoms. The summed E-state index contributed by atoms with van der Waals surface area (Å²) in [6.07, 6.45) is 3.32. The average Bonchev–Trinajstić information content (AvgIpc) is 3.20. The van der Waals surface area contributed by atoms with Crippen molar-refractivity contribution in [2.75, 3.05) is 13.2 Å². The molecule has 0 spiro atoms. The van der Waals surface area contributed by atoms with E-state index < -0.39 is 5.91 Å². The van der Waals surface area contributed by atoms with E-state index in [9.17, 15) is 4.79 Å². The van der Waals surface area contributed by atoms with Gasteiger partial charge in [0.25, 0.3) is 5.91 Å². The van der Waals surface area contributed by atoms with Gasteiger partial charge in [0, 0.05) is 0 Å². The summed E-state index contributed by atoms with van der Waals surface area (Å²) in [5, 5.41) is 16.0. The van der Waals surface area contributed by atoms with Crippen molar-refractivity contribution in [3.63, 3.8) is 0 Å². The van der Waals surface area contributed by atoms with E-state index >= 15 is 0 Å².